The van der Waals surface area contributed by atoms with Crippen molar-refractivity contribution in [2.75, 3.05) is 0 Å². The van der Waals surface area contributed by atoms with Crippen LogP contribution in [0.3, 0.4) is 0 Å². The van der Waals surface area contributed by atoms with E-state index in [1.807, 2.05) is 31.2 Å². The largest absolute Gasteiger partial charge is 0.481 e. The van der Waals surface area contributed by atoms with Crippen LogP contribution in [0, 0.1) is 17.8 Å². The fraction of sp³-hybridized carbons (Fsp3) is 0.467. The van der Waals surface area contributed by atoms with Crippen LogP contribution in [0.4, 0.5) is 0 Å². The van der Waals surface area contributed by atoms with Gasteiger partial charge < -0.3 is 10.4 Å². The van der Waals surface area contributed by atoms with Crippen molar-refractivity contribution in [3.05, 3.63) is 34.3 Å². The smallest absolute Gasteiger partial charge is 0.307 e. The molecule has 2 N–H and O–H groups in total. The lowest BCUT2D eigenvalue weighted by atomic mass is 9.95. The molecule has 1 aromatic rings. The van der Waals surface area contributed by atoms with E-state index in [-0.39, 0.29) is 5.91 Å². The monoisotopic (exact) mass is 339 g/mol. The van der Waals surface area contributed by atoms with Crippen LogP contribution in [0.25, 0.3) is 0 Å². The number of halogens is 1. The summed E-state index contributed by atoms with van der Waals surface area (Å²) in [7, 11) is 0. The highest BCUT2D eigenvalue weighted by atomic mass is 79.9. The molecule has 1 saturated carbocycles. The third kappa shape index (κ3) is 3.60. The van der Waals surface area contributed by atoms with E-state index in [2.05, 4.69) is 21.2 Å². The topological polar surface area (TPSA) is 66.4 Å². The number of rotatable bonds is 4. The van der Waals surface area contributed by atoms with Gasteiger partial charge in [-0.25, -0.2) is 0 Å². The van der Waals surface area contributed by atoms with Gasteiger partial charge in [0.05, 0.1) is 11.8 Å². The number of carbonyl (C=O) groups excluding carboxylic acids is 1. The van der Waals surface area contributed by atoms with Crippen molar-refractivity contribution in [2.45, 2.75) is 26.3 Å². The van der Waals surface area contributed by atoms with Gasteiger partial charge in [0.2, 0.25) is 5.91 Å². The number of carbonyl (C=O) groups is 2. The van der Waals surface area contributed by atoms with Crippen LogP contribution in [0.15, 0.2) is 28.7 Å². The van der Waals surface area contributed by atoms with Crippen molar-refractivity contribution >= 4 is 27.8 Å². The number of carboxylic acids is 1. The van der Waals surface area contributed by atoms with Gasteiger partial charge in [0.1, 0.15) is 0 Å². The quantitative estimate of drug-likeness (QED) is 0.886. The minimum atomic E-state index is -0.863. The number of amides is 1. The van der Waals surface area contributed by atoms with Crippen molar-refractivity contribution in [3.63, 3.8) is 0 Å². The van der Waals surface area contributed by atoms with Gasteiger partial charge in [-0.15, -0.1) is 0 Å². The number of benzene rings is 1. The summed E-state index contributed by atoms with van der Waals surface area (Å²) in [6.45, 7) is 2.43. The summed E-state index contributed by atoms with van der Waals surface area (Å²) in [5.41, 5.74) is 1.000. The zero-order valence-electron chi connectivity index (χ0n) is 11.3. The Bertz CT molecular complexity index is 500. The number of aliphatic carboxylic acids is 1. The molecule has 4 nitrogen and oxygen atoms in total. The van der Waals surface area contributed by atoms with Gasteiger partial charge in [-0.05, 0) is 36.5 Å². The molecule has 1 aliphatic carbocycles. The van der Waals surface area contributed by atoms with Crippen LogP contribution >= 0.6 is 15.9 Å². The molecule has 20 heavy (non-hydrogen) atoms. The Hall–Kier alpha value is -1.36. The Balaban J connectivity index is 1.94. The Morgan fingerprint density at radius 1 is 1.25 bits per heavy atom. The molecule has 5 heteroatoms. The molecule has 2 rings (SSSR count). The second-order valence-corrected chi connectivity index (χ2v) is 6.39. The number of hydrogen-bond donors (Lipinski definition) is 2. The molecule has 1 aromatic carbocycles. The Morgan fingerprint density at radius 2 is 1.85 bits per heavy atom. The molecule has 0 saturated heterocycles. The summed E-state index contributed by atoms with van der Waals surface area (Å²) in [5.74, 6) is -1.67. The van der Waals surface area contributed by atoms with Crippen molar-refractivity contribution in [2.24, 2.45) is 17.8 Å². The van der Waals surface area contributed by atoms with Crippen molar-refractivity contribution in [3.8, 4) is 0 Å². The summed E-state index contributed by atoms with van der Waals surface area (Å²) >= 11 is 3.36. The molecule has 108 valence electrons. The van der Waals surface area contributed by atoms with E-state index >= 15 is 0 Å². The fourth-order valence-electron chi connectivity index (χ4n) is 2.78. The highest BCUT2D eigenvalue weighted by Gasteiger charge is 2.40. The maximum Gasteiger partial charge on any atom is 0.307 e. The summed E-state index contributed by atoms with van der Waals surface area (Å²) in [6.07, 6.45) is 1.24. The molecule has 3 atom stereocenters. The molecule has 1 unspecified atom stereocenters. The first-order chi connectivity index (χ1) is 9.47. The third-order valence-corrected chi connectivity index (χ3v) is 4.36. The summed E-state index contributed by atoms with van der Waals surface area (Å²) in [5, 5.41) is 12.0. The molecular weight excluding hydrogens is 322 g/mol. The van der Waals surface area contributed by atoms with E-state index in [1.54, 1.807) is 0 Å². The van der Waals surface area contributed by atoms with Gasteiger partial charge in [-0.2, -0.15) is 0 Å². The minimum absolute atomic E-state index is 0.148. The van der Waals surface area contributed by atoms with Gasteiger partial charge in [0.15, 0.2) is 0 Å². The summed E-state index contributed by atoms with van der Waals surface area (Å²) < 4.78 is 0.989. The number of hydrogen-bond acceptors (Lipinski definition) is 2. The maximum atomic E-state index is 12.2. The van der Waals surface area contributed by atoms with E-state index in [9.17, 15) is 14.7 Å². The zero-order valence-corrected chi connectivity index (χ0v) is 12.9. The van der Waals surface area contributed by atoms with Crippen molar-refractivity contribution in [1.29, 1.82) is 0 Å². The SMILES string of the molecule is CC1C[C@H](C(=O)NCc2ccc(Br)cc2)[C@H](C(=O)O)C1. The molecule has 0 spiro atoms. The lowest BCUT2D eigenvalue weighted by Crippen LogP contribution is -2.34. The highest BCUT2D eigenvalue weighted by molar-refractivity contribution is 9.10. The van der Waals surface area contributed by atoms with Gasteiger partial charge >= 0.3 is 5.97 Å². The predicted molar refractivity (Wildman–Crippen MR) is 79.0 cm³/mol. The lowest BCUT2D eigenvalue weighted by Gasteiger charge is -2.15. The van der Waals surface area contributed by atoms with E-state index < -0.39 is 17.8 Å². The number of nitrogens with one attached hydrogen (secondary N) is 1. The zero-order chi connectivity index (χ0) is 14.7. The molecule has 1 fully saturated rings. The van der Waals surface area contributed by atoms with E-state index in [4.69, 9.17) is 0 Å². The average Bonchev–Trinajstić information content (AvgIpc) is 2.80. The molecule has 1 amide bonds. The van der Waals surface area contributed by atoms with Gasteiger partial charge in [0, 0.05) is 11.0 Å². The van der Waals surface area contributed by atoms with Crippen LogP contribution in [0.1, 0.15) is 25.3 Å². The Labute approximate surface area is 126 Å². The van der Waals surface area contributed by atoms with Crippen LogP contribution in [-0.4, -0.2) is 17.0 Å². The first-order valence-electron chi connectivity index (χ1n) is 6.72. The first kappa shape index (κ1) is 15.0. The third-order valence-electron chi connectivity index (χ3n) is 3.83. The van der Waals surface area contributed by atoms with Gasteiger partial charge in [-0.3, -0.25) is 9.59 Å². The normalized spacial score (nSPS) is 25.4. The van der Waals surface area contributed by atoms with E-state index in [1.165, 1.54) is 0 Å². The van der Waals surface area contributed by atoms with Gasteiger partial charge in [-0.1, -0.05) is 35.0 Å². The second-order valence-electron chi connectivity index (χ2n) is 5.47. The maximum absolute atomic E-state index is 12.2. The minimum Gasteiger partial charge on any atom is -0.481 e. The van der Waals surface area contributed by atoms with Crippen molar-refractivity contribution < 1.29 is 14.7 Å². The Morgan fingerprint density at radius 3 is 2.45 bits per heavy atom. The molecule has 0 heterocycles. The van der Waals surface area contributed by atoms with Crippen molar-refractivity contribution in [1.82, 2.24) is 5.32 Å². The summed E-state index contributed by atoms with van der Waals surface area (Å²) in [4.78, 5) is 23.4. The molecule has 0 radical (unpaired) electrons. The van der Waals surface area contributed by atoms with Crippen LogP contribution in [0.2, 0.25) is 0 Å². The summed E-state index contributed by atoms with van der Waals surface area (Å²) in [6, 6.07) is 7.69. The highest BCUT2D eigenvalue weighted by Crippen LogP contribution is 2.36. The molecular formula is C15H18BrNO3. The predicted octanol–water partition coefficient (Wildman–Crippen LogP) is 2.81. The van der Waals surface area contributed by atoms with Crippen LogP contribution in [-0.2, 0) is 16.1 Å². The van der Waals surface area contributed by atoms with Crippen LogP contribution < -0.4 is 5.32 Å². The standard InChI is InChI=1S/C15H18BrNO3/c1-9-6-12(13(7-9)15(19)20)14(18)17-8-10-2-4-11(16)5-3-10/h2-5,9,12-13H,6-8H2,1H3,(H,17,18)(H,19,20)/t9?,12-,13+/m0/s1. The molecule has 1 aliphatic rings. The molecule has 0 aromatic heterocycles. The second kappa shape index (κ2) is 6.39. The fourth-order valence-corrected chi connectivity index (χ4v) is 3.04. The average molecular weight is 340 g/mol. The lowest BCUT2D eigenvalue weighted by molar-refractivity contribution is -0.146. The first-order valence-corrected chi connectivity index (χ1v) is 7.51. The number of carboxylic acid groups (broad SMARTS) is 1. The Kier molecular flexibility index (Phi) is 4.81. The van der Waals surface area contributed by atoms with E-state index in [0.717, 1.165) is 10.0 Å². The van der Waals surface area contributed by atoms with E-state index in [0.29, 0.717) is 25.3 Å². The van der Waals surface area contributed by atoms with Crippen LogP contribution in [0.5, 0.6) is 0 Å². The van der Waals surface area contributed by atoms with Gasteiger partial charge in [0.25, 0.3) is 0 Å². The molecule has 0 aliphatic heterocycles. The molecule has 0 bridgehead atoms.